The van der Waals surface area contributed by atoms with Gasteiger partial charge in [-0.2, -0.15) is 0 Å². The number of hydrogen-bond acceptors (Lipinski definition) is 3. The van der Waals surface area contributed by atoms with Gasteiger partial charge in [-0.3, -0.25) is 4.79 Å². The van der Waals surface area contributed by atoms with Gasteiger partial charge in [-0.25, -0.2) is 12.7 Å². The summed E-state index contributed by atoms with van der Waals surface area (Å²) in [7, 11) is -3.22. The van der Waals surface area contributed by atoms with E-state index in [0.717, 1.165) is 24.1 Å². The van der Waals surface area contributed by atoms with E-state index in [1.165, 1.54) is 10.6 Å². The van der Waals surface area contributed by atoms with E-state index in [1.54, 1.807) is 0 Å². The number of nitrogens with zero attached hydrogens (tertiary/aromatic N) is 1. The Morgan fingerprint density at radius 1 is 1.40 bits per heavy atom. The minimum atomic E-state index is -3.22. The van der Waals surface area contributed by atoms with E-state index < -0.39 is 10.0 Å². The Labute approximate surface area is 120 Å². The highest BCUT2D eigenvalue weighted by atomic mass is 32.2. The SMILES string of the molecule is Cc1cccc(NC(=O)C2CCCN(S(C)(=O)=O)C2)c1. The summed E-state index contributed by atoms with van der Waals surface area (Å²) in [6, 6.07) is 7.58. The zero-order chi connectivity index (χ0) is 14.8. The molecule has 1 aliphatic rings. The molecule has 0 aromatic heterocycles. The average molecular weight is 296 g/mol. The zero-order valence-corrected chi connectivity index (χ0v) is 12.6. The van der Waals surface area contributed by atoms with Gasteiger partial charge >= 0.3 is 0 Å². The van der Waals surface area contributed by atoms with Crippen molar-refractivity contribution in [1.29, 1.82) is 0 Å². The Bertz CT molecular complexity index is 598. The number of rotatable bonds is 3. The van der Waals surface area contributed by atoms with Gasteiger partial charge in [0.05, 0.1) is 12.2 Å². The molecule has 1 aromatic rings. The molecule has 5 nitrogen and oxygen atoms in total. The third-order valence-corrected chi connectivity index (χ3v) is 4.78. The molecule has 1 atom stereocenters. The molecule has 1 fully saturated rings. The van der Waals surface area contributed by atoms with Crippen LogP contribution in [-0.4, -0.2) is 38.0 Å². The van der Waals surface area contributed by atoms with Gasteiger partial charge in [0.25, 0.3) is 0 Å². The Balaban J connectivity index is 2.02. The zero-order valence-electron chi connectivity index (χ0n) is 11.8. The van der Waals surface area contributed by atoms with Crippen LogP contribution in [0.25, 0.3) is 0 Å². The third-order valence-electron chi connectivity index (χ3n) is 3.51. The molecule has 6 heteroatoms. The van der Waals surface area contributed by atoms with E-state index in [-0.39, 0.29) is 18.4 Å². The van der Waals surface area contributed by atoms with Crippen molar-refractivity contribution in [1.82, 2.24) is 4.31 Å². The number of carbonyl (C=O) groups is 1. The number of anilines is 1. The molecule has 1 amide bonds. The minimum Gasteiger partial charge on any atom is -0.326 e. The molecule has 0 aliphatic carbocycles. The van der Waals surface area contributed by atoms with Crippen molar-refractivity contribution in [2.75, 3.05) is 24.7 Å². The summed E-state index contributed by atoms with van der Waals surface area (Å²) in [6.07, 6.45) is 2.64. The van der Waals surface area contributed by atoms with Crippen LogP contribution in [0.2, 0.25) is 0 Å². The molecule has 1 heterocycles. The van der Waals surface area contributed by atoms with Crippen LogP contribution in [0, 0.1) is 12.8 Å². The Morgan fingerprint density at radius 3 is 2.80 bits per heavy atom. The number of aryl methyl sites for hydroxylation is 1. The second kappa shape index (κ2) is 5.93. The van der Waals surface area contributed by atoms with Crippen LogP contribution in [0.5, 0.6) is 0 Å². The summed E-state index contributed by atoms with van der Waals surface area (Å²) in [5.74, 6) is -0.386. The van der Waals surface area contributed by atoms with Crippen molar-refractivity contribution < 1.29 is 13.2 Å². The fraction of sp³-hybridized carbons (Fsp3) is 0.500. The number of amides is 1. The Morgan fingerprint density at radius 2 is 2.15 bits per heavy atom. The Kier molecular flexibility index (Phi) is 4.45. The highest BCUT2D eigenvalue weighted by Gasteiger charge is 2.30. The molecule has 1 saturated heterocycles. The maximum absolute atomic E-state index is 12.2. The summed E-state index contributed by atoms with van der Waals surface area (Å²) in [5, 5.41) is 2.86. The molecule has 1 aromatic carbocycles. The van der Waals surface area contributed by atoms with Crippen LogP contribution in [0.1, 0.15) is 18.4 Å². The maximum Gasteiger partial charge on any atom is 0.228 e. The van der Waals surface area contributed by atoms with Crippen molar-refractivity contribution >= 4 is 21.6 Å². The van der Waals surface area contributed by atoms with Gasteiger partial charge in [-0.1, -0.05) is 12.1 Å². The number of nitrogens with one attached hydrogen (secondary N) is 1. The molecule has 0 radical (unpaired) electrons. The third kappa shape index (κ3) is 3.80. The molecule has 1 aliphatic heterocycles. The number of sulfonamides is 1. The molecular weight excluding hydrogens is 276 g/mol. The van der Waals surface area contributed by atoms with Crippen LogP contribution in [0.4, 0.5) is 5.69 Å². The van der Waals surface area contributed by atoms with Crippen LogP contribution >= 0.6 is 0 Å². The lowest BCUT2D eigenvalue weighted by molar-refractivity contribution is -0.120. The average Bonchev–Trinajstić information content (AvgIpc) is 2.38. The molecule has 20 heavy (non-hydrogen) atoms. The fourth-order valence-electron chi connectivity index (χ4n) is 2.42. The van der Waals surface area contributed by atoms with E-state index >= 15 is 0 Å². The molecule has 1 N–H and O–H groups in total. The highest BCUT2D eigenvalue weighted by Crippen LogP contribution is 2.20. The smallest absolute Gasteiger partial charge is 0.228 e. The first-order valence-electron chi connectivity index (χ1n) is 6.69. The minimum absolute atomic E-state index is 0.107. The lowest BCUT2D eigenvalue weighted by Crippen LogP contribution is -2.43. The van der Waals surface area contributed by atoms with E-state index in [9.17, 15) is 13.2 Å². The number of hydrogen-bond donors (Lipinski definition) is 1. The lowest BCUT2D eigenvalue weighted by atomic mass is 9.98. The summed E-state index contributed by atoms with van der Waals surface area (Å²) < 4.78 is 24.5. The first-order valence-corrected chi connectivity index (χ1v) is 8.54. The van der Waals surface area contributed by atoms with Gasteiger partial charge in [-0.15, -0.1) is 0 Å². The van der Waals surface area contributed by atoms with Crippen molar-refractivity contribution in [2.45, 2.75) is 19.8 Å². The van der Waals surface area contributed by atoms with Gasteiger partial charge in [0.2, 0.25) is 15.9 Å². The summed E-state index contributed by atoms with van der Waals surface area (Å²) >= 11 is 0. The summed E-state index contributed by atoms with van der Waals surface area (Å²) in [5.41, 5.74) is 1.83. The first kappa shape index (κ1) is 15.0. The second-order valence-electron chi connectivity index (χ2n) is 5.32. The molecule has 2 rings (SSSR count). The summed E-state index contributed by atoms with van der Waals surface area (Å²) in [4.78, 5) is 12.2. The Hall–Kier alpha value is -1.40. The van der Waals surface area contributed by atoms with Gasteiger partial charge in [0.15, 0.2) is 0 Å². The number of piperidine rings is 1. The summed E-state index contributed by atoms with van der Waals surface area (Å²) in [6.45, 7) is 2.74. The largest absolute Gasteiger partial charge is 0.326 e. The van der Waals surface area contributed by atoms with E-state index in [1.807, 2.05) is 31.2 Å². The molecule has 110 valence electrons. The molecule has 0 saturated carbocycles. The normalized spacial score (nSPS) is 20.6. The van der Waals surface area contributed by atoms with Gasteiger partial charge in [-0.05, 0) is 37.5 Å². The van der Waals surface area contributed by atoms with Crippen LogP contribution in [0.15, 0.2) is 24.3 Å². The van der Waals surface area contributed by atoms with Crippen molar-refractivity contribution in [3.63, 3.8) is 0 Å². The predicted molar refractivity (Wildman–Crippen MR) is 78.9 cm³/mol. The quantitative estimate of drug-likeness (QED) is 0.921. The fourth-order valence-corrected chi connectivity index (χ4v) is 3.34. The topological polar surface area (TPSA) is 66.5 Å². The second-order valence-corrected chi connectivity index (χ2v) is 7.30. The van der Waals surface area contributed by atoms with Crippen LogP contribution < -0.4 is 5.32 Å². The van der Waals surface area contributed by atoms with Crippen molar-refractivity contribution in [3.05, 3.63) is 29.8 Å². The standard InChI is InChI=1S/C14H20N2O3S/c1-11-5-3-7-13(9-11)15-14(17)12-6-4-8-16(10-12)20(2,18)19/h3,5,7,9,12H,4,6,8,10H2,1-2H3,(H,15,17). The molecule has 0 bridgehead atoms. The molecule has 0 spiro atoms. The first-order chi connectivity index (χ1) is 9.36. The molecular formula is C14H20N2O3S. The maximum atomic E-state index is 12.2. The predicted octanol–water partition coefficient (Wildman–Crippen LogP) is 1.61. The van der Waals surface area contributed by atoms with Gasteiger partial charge in [0.1, 0.15) is 0 Å². The highest BCUT2D eigenvalue weighted by molar-refractivity contribution is 7.88. The van der Waals surface area contributed by atoms with Crippen LogP contribution in [0.3, 0.4) is 0 Å². The number of carbonyl (C=O) groups excluding carboxylic acids is 1. The number of benzene rings is 1. The van der Waals surface area contributed by atoms with Crippen molar-refractivity contribution in [3.8, 4) is 0 Å². The van der Waals surface area contributed by atoms with E-state index in [0.29, 0.717) is 6.54 Å². The monoisotopic (exact) mass is 296 g/mol. The van der Waals surface area contributed by atoms with E-state index in [4.69, 9.17) is 0 Å². The lowest BCUT2D eigenvalue weighted by Gasteiger charge is -2.30. The van der Waals surface area contributed by atoms with E-state index in [2.05, 4.69) is 5.32 Å². The van der Waals surface area contributed by atoms with Gasteiger partial charge < -0.3 is 5.32 Å². The van der Waals surface area contributed by atoms with Crippen molar-refractivity contribution in [2.24, 2.45) is 5.92 Å². The van der Waals surface area contributed by atoms with Gasteiger partial charge in [0, 0.05) is 18.8 Å². The molecule has 1 unspecified atom stereocenters. The van der Waals surface area contributed by atoms with Crippen LogP contribution in [-0.2, 0) is 14.8 Å².